The first-order valence-electron chi connectivity index (χ1n) is 9.80. The maximum Gasteiger partial charge on any atom is 0.262 e. The molecule has 2 N–H and O–H groups in total. The zero-order valence-electron chi connectivity index (χ0n) is 16.9. The van der Waals surface area contributed by atoms with Crippen molar-refractivity contribution in [2.24, 2.45) is 5.10 Å². The van der Waals surface area contributed by atoms with Gasteiger partial charge in [-0.3, -0.25) is 4.79 Å². The summed E-state index contributed by atoms with van der Waals surface area (Å²) in [5.41, 5.74) is 4.47. The van der Waals surface area contributed by atoms with E-state index < -0.39 is 6.04 Å². The lowest BCUT2D eigenvalue weighted by atomic mass is 9.97. The Morgan fingerprint density at radius 3 is 2.13 bits per heavy atom. The number of carbonyl (C=O) groups excluding carboxylic acids is 1. The maximum atomic E-state index is 12.5. The van der Waals surface area contributed by atoms with Crippen LogP contribution in [0.15, 0.2) is 84.0 Å². The van der Waals surface area contributed by atoms with Crippen LogP contribution in [0.2, 0.25) is 0 Å². The van der Waals surface area contributed by atoms with Crippen LogP contribution in [0.25, 0.3) is 21.5 Å². The number of amides is 1. The molecule has 4 aromatic carbocycles. The molecule has 0 bridgehead atoms. The molecule has 0 saturated heterocycles. The standard InChI is InChI=1S/C25H23N3O2/c1-17(27-20-11-13-21(30-2)14-12-20)25(29)28-26-16-24-22-9-5-3-7-18(22)15-19-8-4-6-10-23(19)24/h3-17,27H,1-2H3,(H,28,29)/b26-16-/t17-/m1/s1. The highest BCUT2D eigenvalue weighted by Gasteiger charge is 2.12. The van der Waals surface area contributed by atoms with Crippen molar-refractivity contribution in [3.63, 3.8) is 0 Å². The van der Waals surface area contributed by atoms with Gasteiger partial charge in [0.25, 0.3) is 5.91 Å². The van der Waals surface area contributed by atoms with E-state index in [9.17, 15) is 4.79 Å². The quantitative estimate of drug-likeness (QED) is 0.275. The molecule has 0 heterocycles. The number of hydrogen-bond acceptors (Lipinski definition) is 4. The first-order chi connectivity index (χ1) is 14.7. The van der Waals surface area contributed by atoms with E-state index >= 15 is 0 Å². The molecule has 0 fully saturated rings. The monoisotopic (exact) mass is 397 g/mol. The van der Waals surface area contributed by atoms with Crippen LogP contribution in [-0.4, -0.2) is 25.3 Å². The number of hydrazone groups is 1. The molecule has 0 aliphatic heterocycles. The van der Waals surface area contributed by atoms with Crippen LogP contribution >= 0.6 is 0 Å². The lowest BCUT2D eigenvalue weighted by Crippen LogP contribution is -2.34. The van der Waals surface area contributed by atoms with E-state index in [2.05, 4.69) is 46.2 Å². The zero-order valence-corrected chi connectivity index (χ0v) is 16.9. The van der Waals surface area contributed by atoms with E-state index in [0.717, 1.165) is 38.5 Å². The molecule has 0 aliphatic rings. The van der Waals surface area contributed by atoms with E-state index in [4.69, 9.17) is 4.74 Å². The minimum atomic E-state index is -0.445. The number of fused-ring (bicyclic) bond motifs is 2. The zero-order chi connectivity index (χ0) is 20.9. The summed E-state index contributed by atoms with van der Waals surface area (Å²) in [5.74, 6) is 0.552. The molecule has 0 radical (unpaired) electrons. The number of carbonyl (C=O) groups is 1. The van der Waals surface area contributed by atoms with Crippen molar-refractivity contribution in [3.05, 3.63) is 84.4 Å². The van der Waals surface area contributed by atoms with Gasteiger partial charge in [-0.05, 0) is 58.8 Å². The molecule has 1 amide bonds. The Labute approximate surface area is 175 Å². The fourth-order valence-corrected chi connectivity index (χ4v) is 3.45. The first kappa shape index (κ1) is 19.5. The summed E-state index contributed by atoms with van der Waals surface area (Å²) < 4.78 is 5.15. The van der Waals surface area contributed by atoms with Crippen molar-refractivity contribution >= 4 is 39.4 Å². The molecule has 0 unspecified atom stereocenters. The van der Waals surface area contributed by atoms with Crippen LogP contribution in [0.5, 0.6) is 5.75 Å². The van der Waals surface area contributed by atoms with Gasteiger partial charge in [-0.15, -0.1) is 0 Å². The Bertz CT molecular complexity index is 1160. The van der Waals surface area contributed by atoms with E-state index in [1.54, 1.807) is 20.2 Å². The van der Waals surface area contributed by atoms with Gasteiger partial charge in [-0.25, -0.2) is 5.43 Å². The number of ether oxygens (including phenoxy) is 1. The highest BCUT2D eigenvalue weighted by atomic mass is 16.5. The Morgan fingerprint density at radius 2 is 1.53 bits per heavy atom. The fraction of sp³-hybridized carbons (Fsp3) is 0.120. The summed E-state index contributed by atoms with van der Waals surface area (Å²) in [6, 6.07) is 25.5. The smallest absolute Gasteiger partial charge is 0.262 e. The van der Waals surface area contributed by atoms with Crippen LogP contribution in [0.1, 0.15) is 12.5 Å². The van der Waals surface area contributed by atoms with Crippen molar-refractivity contribution in [2.45, 2.75) is 13.0 Å². The minimum Gasteiger partial charge on any atom is -0.497 e. The largest absolute Gasteiger partial charge is 0.497 e. The van der Waals surface area contributed by atoms with Gasteiger partial charge in [-0.1, -0.05) is 48.5 Å². The number of methoxy groups -OCH3 is 1. The second-order valence-electron chi connectivity index (χ2n) is 7.06. The maximum absolute atomic E-state index is 12.5. The third kappa shape index (κ3) is 4.10. The molecule has 0 spiro atoms. The Hall–Kier alpha value is -3.86. The van der Waals surface area contributed by atoms with Crippen LogP contribution in [-0.2, 0) is 4.79 Å². The van der Waals surface area contributed by atoms with Gasteiger partial charge in [0.2, 0.25) is 0 Å². The average molecular weight is 397 g/mol. The van der Waals surface area contributed by atoms with Gasteiger partial charge in [-0.2, -0.15) is 5.10 Å². The number of hydrogen-bond donors (Lipinski definition) is 2. The van der Waals surface area contributed by atoms with Crippen LogP contribution in [0, 0.1) is 0 Å². The Balaban J connectivity index is 1.52. The van der Waals surface area contributed by atoms with Gasteiger partial charge in [0.05, 0.1) is 13.3 Å². The number of nitrogens with one attached hydrogen (secondary N) is 2. The molecule has 4 aromatic rings. The summed E-state index contributed by atoms with van der Waals surface area (Å²) in [6.45, 7) is 1.79. The number of nitrogens with zero attached hydrogens (tertiary/aromatic N) is 1. The molecule has 0 saturated carbocycles. The second-order valence-corrected chi connectivity index (χ2v) is 7.06. The first-order valence-corrected chi connectivity index (χ1v) is 9.80. The lowest BCUT2D eigenvalue weighted by Gasteiger charge is -2.14. The van der Waals surface area contributed by atoms with Crippen molar-refractivity contribution in [3.8, 4) is 5.75 Å². The van der Waals surface area contributed by atoms with Crippen LogP contribution in [0.3, 0.4) is 0 Å². The summed E-state index contributed by atoms with van der Waals surface area (Å²) >= 11 is 0. The molecule has 5 nitrogen and oxygen atoms in total. The highest BCUT2D eigenvalue weighted by Crippen LogP contribution is 2.27. The van der Waals surface area contributed by atoms with Gasteiger partial charge in [0.1, 0.15) is 11.8 Å². The summed E-state index contributed by atoms with van der Waals surface area (Å²) in [4.78, 5) is 12.5. The molecule has 4 rings (SSSR count). The third-order valence-corrected chi connectivity index (χ3v) is 5.05. The molecule has 30 heavy (non-hydrogen) atoms. The summed E-state index contributed by atoms with van der Waals surface area (Å²) in [5, 5.41) is 11.9. The van der Waals surface area contributed by atoms with Crippen LogP contribution in [0.4, 0.5) is 5.69 Å². The highest BCUT2D eigenvalue weighted by molar-refractivity contribution is 6.13. The van der Waals surface area contributed by atoms with Gasteiger partial charge in [0, 0.05) is 11.3 Å². The van der Waals surface area contributed by atoms with Crippen molar-refractivity contribution in [1.82, 2.24) is 5.43 Å². The van der Waals surface area contributed by atoms with Gasteiger partial charge >= 0.3 is 0 Å². The average Bonchev–Trinajstić information content (AvgIpc) is 2.79. The Kier molecular flexibility index (Phi) is 5.61. The van der Waals surface area contributed by atoms with E-state index in [1.165, 1.54) is 0 Å². The minimum absolute atomic E-state index is 0.216. The summed E-state index contributed by atoms with van der Waals surface area (Å²) in [7, 11) is 1.62. The molecule has 0 aliphatic carbocycles. The summed E-state index contributed by atoms with van der Waals surface area (Å²) in [6.07, 6.45) is 1.72. The van der Waals surface area contributed by atoms with Gasteiger partial charge in [0.15, 0.2) is 0 Å². The molecule has 0 aromatic heterocycles. The lowest BCUT2D eigenvalue weighted by molar-refractivity contribution is -0.121. The molecule has 5 heteroatoms. The number of anilines is 1. The fourth-order valence-electron chi connectivity index (χ4n) is 3.45. The number of benzene rings is 4. The predicted molar refractivity (Wildman–Crippen MR) is 123 cm³/mol. The normalized spacial score (nSPS) is 12.2. The third-order valence-electron chi connectivity index (χ3n) is 5.05. The molecule has 150 valence electrons. The van der Waals surface area contributed by atoms with E-state index in [1.807, 2.05) is 48.5 Å². The van der Waals surface area contributed by atoms with Crippen molar-refractivity contribution in [2.75, 3.05) is 12.4 Å². The van der Waals surface area contributed by atoms with Crippen molar-refractivity contribution < 1.29 is 9.53 Å². The SMILES string of the molecule is COc1ccc(N[C@H](C)C(=O)N/N=C\c2c3ccccc3cc3ccccc23)cc1. The molecular formula is C25H23N3O2. The topological polar surface area (TPSA) is 62.7 Å². The molecular weight excluding hydrogens is 374 g/mol. The Morgan fingerprint density at radius 1 is 0.933 bits per heavy atom. The van der Waals surface area contributed by atoms with Crippen molar-refractivity contribution in [1.29, 1.82) is 0 Å². The van der Waals surface area contributed by atoms with E-state index in [0.29, 0.717) is 0 Å². The van der Waals surface area contributed by atoms with E-state index in [-0.39, 0.29) is 5.91 Å². The second kappa shape index (κ2) is 8.66. The van der Waals surface area contributed by atoms with Crippen LogP contribution < -0.4 is 15.5 Å². The number of rotatable bonds is 6. The predicted octanol–water partition coefficient (Wildman–Crippen LogP) is 4.95. The molecule has 1 atom stereocenters. The van der Waals surface area contributed by atoms with Gasteiger partial charge < -0.3 is 10.1 Å².